The molecule has 0 radical (unpaired) electrons. The van der Waals surface area contributed by atoms with Gasteiger partial charge in [-0.1, -0.05) is 25.1 Å². The number of nitrogens with zero attached hydrogens (tertiary/aromatic N) is 1. The Morgan fingerprint density at radius 2 is 1.90 bits per heavy atom. The van der Waals surface area contributed by atoms with Crippen LogP contribution in [0.4, 0.5) is 4.79 Å². The molecule has 0 aliphatic carbocycles. The minimum absolute atomic E-state index is 0.0468. The molecule has 3 saturated heterocycles. The summed E-state index contributed by atoms with van der Waals surface area (Å²) in [5.74, 6) is -2.03. The van der Waals surface area contributed by atoms with E-state index in [-0.39, 0.29) is 25.0 Å². The lowest BCUT2D eigenvalue weighted by Crippen LogP contribution is -2.59. The van der Waals surface area contributed by atoms with E-state index in [4.69, 9.17) is 18.9 Å². The smallest absolute Gasteiger partial charge is 0.338 e. The zero-order chi connectivity index (χ0) is 20.8. The highest BCUT2D eigenvalue weighted by Gasteiger charge is 2.58. The second kappa shape index (κ2) is 7.40. The van der Waals surface area contributed by atoms with E-state index in [9.17, 15) is 14.4 Å². The maximum atomic E-state index is 12.4. The molecule has 3 aliphatic heterocycles. The van der Waals surface area contributed by atoms with Crippen LogP contribution in [-0.2, 0) is 23.7 Å². The van der Waals surface area contributed by atoms with Gasteiger partial charge in [-0.3, -0.25) is 15.0 Å². The molecule has 0 saturated carbocycles. The Hall–Kier alpha value is -2.49. The van der Waals surface area contributed by atoms with Crippen molar-refractivity contribution in [1.29, 1.82) is 0 Å². The lowest BCUT2D eigenvalue weighted by molar-refractivity contribution is -0.205. The summed E-state index contributed by atoms with van der Waals surface area (Å²) in [7, 11) is 0. The van der Waals surface area contributed by atoms with Crippen molar-refractivity contribution < 1.29 is 33.3 Å². The first-order valence-electron chi connectivity index (χ1n) is 9.60. The van der Waals surface area contributed by atoms with Crippen molar-refractivity contribution in [3.8, 4) is 0 Å². The molecule has 1 N–H and O–H groups in total. The quantitative estimate of drug-likeness (QED) is 0.754. The van der Waals surface area contributed by atoms with Gasteiger partial charge in [-0.05, 0) is 26.0 Å². The molecule has 156 valence electrons. The molecule has 0 aromatic heterocycles. The maximum absolute atomic E-state index is 12.4. The largest absolute Gasteiger partial charge is 0.459 e. The number of ether oxygens (including phenoxy) is 4. The van der Waals surface area contributed by atoms with E-state index in [0.717, 1.165) is 0 Å². The topological polar surface area (TPSA) is 103 Å². The van der Waals surface area contributed by atoms with Gasteiger partial charge >= 0.3 is 12.0 Å². The summed E-state index contributed by atoms with van der Waals surface area (Å²) in [6.07, 6.45) is -2.44. The molecule has 1 aromatic carbocycles. The van der Waals surface area contributed by atoms with Gasteiger partial charge in [0, 0.05) is 6.54 Å². The van der Waals surface area contributed by atoms with Crippen LogP contribution >= 0.6 is 0 Å². The van der Waals surface area contributed by atoms with Crippen molar-refractivity contribution >= 4 is 17.9 Å². The fraction of sp³-hybridized carbons (Fsp3) is 0.550. The summed E-state index contributed by atoms with van der Waals surface area (Å²) in [5.41, 5.74) is 0.435. The zero-order valence-corrected chi connectivity index (χ0v) is 16.5. The van der Waals surface area contributed by atoms with Crippen molar-refractivity contribution in [3.63, 3.8) is 0 Å². The molecule has 0 bridgehead atoms. The van der Waals surface area contributed by atoms with Crippen LogP contribution < -0.4 is 5.32 Å². The number of hydrogen-bond donors (Lipinski definition) is 1. The second-order valence-electron chi connectivity index (χ2n) is 7.94. The van der Waals surface area contributed by atoms with Crippen LogP contribution in [0.2, 0.25) is 0 Å². The normalized spacial score (nSPS) is 33.3. The number of nitrogens with one attached hydrogen (secondary N) is 1. The molecule has 3 fully saturated rings. The SMILES string of the molecule is C[C@H]1CN([C@@H]2O[C@H](COC(=O)c3ccccc3)[C@H]3OC(C)(C)O[C@H]32)C(=O)NC1=O. The molecule has 1 aromatic rings. The Morgan fingerprint density at radius 1 is 1.21 bits per heavy atom. The van der Waals surface area contributed by atoms with Crippen molar-refractivity contribution in [2.45, 2.75) is 51.1 Å². The van der Waals surface area contributed by atoms with E-state index in [0.29, 0.717) is 5.56 Å². The van der Waals surface area contributed by atoms with Crippen LogP contribution in [0, 0.1) is 5.92 Å². The summed E-state index contributed by atoms with van der Waals surface area (Å²) in [6, 6.07) is 8.11. The van der Waals surface area contributed by atoms with Crippen LogP contribution in [0.5, 0.6) is 0 Å². The first-order chi connectivity index (χ1) is 13.7. The number of benzene rings is 1. The van der Waals surface area contributed by atoms with Crippen LogP contribution in [0.1, 0.15) is 31.1 Å². The Morgan fingerprint density at radius 3 is 2.62 bits per heavy atom. The highest BCUT2D eigenvalue weighted by molar-refractivity contribution is 5.97. The van der Waals surface area contributed by atoms with Crippen molar-refractivity contribution in [2.24, 2.45) is 5.92 Å². The lowest BCUT2D eigenvalue weighted by Gasteiger charge is -2.36. The van der Waals surface area contributed by atoms with Crippen LogP contribution in [0.3, 0.4) is 0 Å². The number of imide groups is 1. The highest BCUT2D eigenvalue weighted by Crippen LogP contribution is 2.40. The fourth-order valence-electron chi connectivity index (χ4n) is 3.84. The van der Waals surface area contributed by atoms with Crippen molar-refractivity contribution in [3.05, 3.63) is 35.9 Å². The van der Waals surface area contributed by atoms with Gasteiger partial charge in [0.1, 0.15) is 24.9 Å². The number of urea groups is 1. The van der Waals surface area contributed by atoms with Gasteiger partial charge in [-0.15, -0.1) is 0 Å². The monoisotopic (exact) mass is 404 g/mol. The summed E-state index contributed by atoms with van der Waals surface area (Å²) in [5, 5.41) is 2.33. The zero-order valence-electron chi connectivity index (χ0n) is 16.5. The number of fused-ring (bicyclic) bond motifs is 1. The molecule has 9 nitrogen and oxygen atoms in total. The summed E-state index contributed by atoms with van der Waals surface area (Å²) in [6.45, 7) is 5.44. The van der Waals surface area contributed by atoms with Crippen LogP contribution in [0.25, 0.3) is 0 Å². The molecule has 0 spiro atoms. The molecule has 3 amide bonds. The van der Waals surface area contributed by atoms with Gasteiger partial charge < -0.3 is 18.9 Å². The number of rotatable bonds is 4. The maximum Gasteiger partial charge on any atom is 0.338 e. The molecule has 0 unspecified atom stereocenters. The average Bonchev–Trinajstić information content (AvgIpc) is 3.16. The Bertz CT molecular complexity index is 812. The number of esters is 1. The second-order valence-corrected chi connectivity index (χ2v) is 7.94. The lowest BCUT2D eigenvalue weighted by atomic mass is 10.1. The van der Waals surface area contributed by atoms with E-state index < -0.39 is 42.3 Å². The number of carbonyl (C=O) groups excluding carboxylic acids is 3. The van der Waals surface area contributed by atoms with Gasteiger partial charge in [-0.2, -0.15) is 0 Å². The van der Waals surface area contributed by atoms with Gasteiger partial charge in [0.25, 0.3) is 0 Å². The van der Waals surface area contributed by atoms with Crippen molar-refractivity contribution in [2.75, 3.05) is 13.2 Å². The number of carbonyl (C=O) groups is 3. The molecule has 9 heteroatoms. The Labute approximate surface area is 168 Å². The molecular formula is C20H24N2O7. The van der Waals surface area contributed by atoms with E-state index in [1.165, 1.54) is 4.90 Å². The summed E-state index contributed by atoms with van der Waals surface area (Å²) < 4.78 is 23.4. The first kappa shape index (κ1) is 19.8. The molecule has 5 atom stereocenters. The third-order valence-corrected chi connectivity index (χ3v) is 5.23. The highest BCUT2D eigenvalue weighted by atomic mass is 16.8. The number of amides is 3. The third kappa shape index (κ3) is 3.85. The summed E-state index contributed by atoms with van der Waals surface area (Å²) >= 11 is 0. The molecular weight excluding hydrogens is 380 g/mol. The van der Waals surface area contributed by atoms with E-state index in [1.807, 2.05) is 6.07 Å². The standard InChI is InChI=1S/C20H24N2O7/c1-11-9-22(19(25)21-16(11)23)17-15-14(28-20(2,3)29-15)13(27-17)10-26-18(24)12-7-5-4-6-8-12/h4-8,11,13-15,17H,9-10H2,1-3H3,(H,21,23,25)/t11-,13+,14+,15+,17+/m0/s1. The van der Waals surface area contributed by atoms with Crippen LogP contribution in [0.15, 0.2) is 30.3 Å². The van der Waals surface area contributed by atoms with Crippen molar-refractivity contribution in [1.82, 2.24) is 10.2 Å². The predicted molar refractivity (Wildman–Crippen MR) is 98.6 cm³/mol. The molecule has 4 rings (SSSR count). The fourth-order valence-corrected chi connectivity index (χ4v) is 3.84. The average molecular weight is 404 g/mol. The Balaban J connectivity index is 1.48. The molecule has 3 heterocycles. The molecule has 29 heavy (non-hydrogen) atoms. The number of hydrogen-bond acceptors (Lipinski definition) is 7. The van der Waals surface area contributed by atoms with E-state index in [1.54, 1.807) is 45.0 Å². The Kier molecular flexibility index (Phi) is 5.05. The first-order valence-corrected chi connectivity index (χ1v) is 9.60. The van der Waals surface area contributed by atoms with Gasteiger partial charge in [0.2, 0.25) is 5.91 Å². The third-order valence-electron chi connectivity index (χ3n) is 5.23. The van der Waals surface area contributed by atoms with E-state index >= 15 is 0 Å². The predicted octanol–water partition coefficient (Wildman–Crippen LogP) is 1.28. The minimum Gasteiger partial charge on any atom is -0.459 e. The van der Waals surface area contributed by atoms with E-state index in [2.05, 4.69) is 5.32 Å². The minimum atomic E-state index is -0.868. The summed E-state index contributed by atoms with van der Waals surface area (Å²) in [4.78, 5) is 37.8. The van der Waals surface area contributed by atoms with Crippen LogP contribution in [-0.4, -0.2) is 66.3 Å². The van der Waals surface area contributed by atoms with Gasteiger partial charge in [-0.25, -0.2) is 9.59 Å². The van der Waals surface area contributed by atoms with Gasteiger partial charge in [0.05, 0.1) is 11.5 Å². The van der Waals surface area contributed by atoms with Gasteiger partial charge in [0.15, 0.2) is 12.0 Å². The molecule has 3 aliphatic rings.